The number of aromatic nitrogens is 4. The first-order chi connectivity index (χ1) is 13.3. The fourth-order valence-electron chi connectivity index (χ4n) is 3.81. The van der Waals surface area contributed by atoms with E-state index in [1.165, 1.54) is 35.1 Å². The van der Waals surface area contributed by atoms with Crippen molar-refractivity contribution in [2.24, 2.45) is 7.05 Å². The second-order valence-electron chi connectivity index (χ2n) is 7.15. The number of hydrogen-bond donors (Lipinski definition) is 0. The highest BCUT2D eigenvalue weighted by Gasteiger charge is 2.23. The topological polar surface area (TPSA) is 56.1 Å². The molecular weight excluding hydrogens is 378 g/mol. The van der Waals surface area contributed by atoms with Crippen LogP contribution >= 0.6 is 23.1 Å². The Labute approximate surface area is 167 Å². The third-order valence-corrected chi connectivity index (χ3v) is 7.51. The molecule has 0 aromatic carbocycles. The molecule has 3 aromatic heterocycles. The van der Waals surface area contributed by atoms with Gasteiger partial charge in [-0.2, -0.15) is 0 Å². The normalized spacial score (nSPS) is 18.1. The van der Waals surface area contributed by atoms with Crippen LogP contribution in [0, 0.1) is 0 Å². The minimum atomic E-state index is 0.788. The summed E-state index contributed by atoms with van der Waals surface area (Å²) in [6.07, 6.45) is 8.71. The van der Waals surface area contributed by atoms with Crippen LogP contribution in [0.1, 0.15) is 29.1 Å². The van der Waals surface area contributed by atoms with Crippen molar-refractivity contribution < 1.29 is 4.74 Å². The van der Waals surface area contributed by atoms with Gasteiger partial charge in [0.2, 0.25) is 0 Å². The predicted molar refractivity (Wildman–Crippen MR) is 107 cm³/mol. The van der Waals surface area contributed by atoms with Gasteiger partial charge in [0, 0.05) is 42.8 Å². The van der Waals surface area contributed by atoms with Crippen LogP contribution < -0.4 is 0 Å². The van der Waals surface area contributed by atoms with Gasteiger partial charge in [0.1, 0.15) is 15.7 Å². The summed E-state index contributed by atoms with van der Waals surface area (Å²) < 4.78 is 7.53. The lowest BCUT2D eigenvalue weighted by Crippen LogP contribution is -2.36. The molecule has 0 spiro atoms. The minimum Gasteiger partial charge on any atom is -0.379 e. The molecule has 0 N–H and O–H groups in total. The van der Waals surface area contributed by atoms with Crippen LogP contribution in [0.3, 0.4) is 0 Å². The highest BCUT2D eigenvalue weighted by Crippen LogP contribution is 2.41. The van der Waals surface area contributed by atoms with Crippen molar-refractivity contribution in [2.45, 2.75) is 42.4 Å². The smallest absolute Gasteiger partial charge is 0.174 e. The zero-order valence-electron chi connectivity index (χ0n) is 15.5. The van der Waals surface area contributed by atoms with E-state index in [0.717, 1.165) is 60.1 Å². The summed E-state index contributed by atoms with van der Waals surface area (Å²) in [5, 5.41) is 3.31. The number of nitrogens with zero attached hydrogens (tertiary/aromatic N) is 5. The maximum absolute atomic E-state index is 5.47. The van der Waals surface area contributed by atoms with Crippen LogP contribution in [0.5, 0.6) is 0 Å². The monoisotopic (exact) mass is 401 g/mol. The molecule has 6 nitrogen and oxygen atoms in total. The van der Waals surface area contributed by atoms with Crippen molar-refractivity contribution in [3.8, 4) is 0 Å². The number of ether oxygens (including phenoxy) is 1. The average molecular weight is 402 g/mol. The lowest BCUT2D eigenvalue weighted by Gasteiger charge is -2.25. The molecule has 8 heteroatoms. The molecule has 0 unspecified atom stereocenters. The molecule has 0 bridgehead atoms. The fraction of sp³-hybridized carbons (Fsp3) is 0.526. The first-order valence-electron chi connectivity index (χ1n) is 9.54. The molecule has 0 amide bonds. The van der Waals surface area contributed by atoms with Crippen molar-refractivity contribution in [3.63, 3.8) is 0 Å². The van der Waals surface area contributed by atoms with Crippen molar-refractivity contribution >= 4 is 33.3 Å². The van der Waals surface area contributed by atoms with Crippen molar-refractivity contribution in [2.75, 3.05) is 26.3 Å². The van der Waals surface area contributed by atoms with Gasteiger partial charge >= 0.3 is 0 Å². The molecule has 0 atom stereocenters. The van der Waals surface area contributed by atoms with Gasteiger partial charge < -0.3 is 9.30 Å². The quantitative estimate of drug-likeness (QED) is 0.626. The number of thiophene rings is 1. The Kier molecular flexibility index (Phi) is 4.89. The van der Waals surface area contributed by atoms with Gasteiger partial charge in [0.15, 0.2) is 5.16 Å². The molecule has 0 radical (unpaired) electrons. The van der Waals surface area contributed by atoms with Gasteiger partial charge in [-0.25, -0.2) is 15.0 Å². The van der Waals surface area contributed by atoms with E-state index in [1.807, 2.05) is 30.8 Å². The summed E-state index contributed by atoms with van der Waals surface area (Å²) >= 11 is 3.54. The van der Waals surface area contributed by atoms with Crippen molar-refractivity contribution in [1.29, 1.82) is 0 Å². The Morgan fingerprint density at radius 1 is 1.19 bits per heavy atom. The molecule has 2 aliphatic rings. The van der Waals surface area contributed by atoms with E-state index in [4.69, 9.17) is 14.7 Å². The third-order valence-electron chi connectivity index (χ3n) is 5.26. The lowest BCUT2D eigenvalue weighted by atomic mass is 9.97. The van der Waals surface area contributed by atoms with Gasteiger partial charge in [-0.1, -0.05) is 0 Å². The fourth-order valence-corrected chi connectivity index (χ4v) is 6.12. The number of imidazole rings is 1. The van der Waals surface area contributed by atoms with Crippen LogP contribution in [0.4, 0.5) is 0 Å². The molecule has 142 valence electrons. The van der Waals surface area contributed by atoms with Crippen LogP contribution in [0.2, 0.25) is 0 Å². The van der Waals surface area contributed by atoms with E-state index in [-0.39, 0.29) is 0 Å². The summed E-state index contributed by atoms with van der Waals surface area (Å²) in [5.41, 5.74) is 1.48. The molecule has 1 aliphatic heterocycles. The Bertz CT molecular complexity index is 961. The molecule has 1 saturated heterocycles. The van der Waals surface area contributed by atoms with Gasteiger partial charge in [0.05, 0.1) is 19.8 Å². The van der Waals surface area contributed by atoms with Crippen LogP contribution in [-0.2, 0) is 31.2 Å². The van der Waals surface area contributed by atoms with Crippen molar-refractivity contribution in [3.05, 3.63) is 28.7 Å². The first-order valence-corrected chi connectivity index (χ1v) is 11.2. The number of morpholine rings is 1. The summed E-state index contributed by atoms with van der Waals surface area (Å²) in [6, 6.07) is 0. The molecule has 4 heterocycles. The lowest BCUT2D eigenvalue weighted by molar-refractivity contribution is 0.0330. The number of aryl methyl sites for hydroxylation is 3. The zero-order chi connectivity index (χ0) is 18.2. The third kappa shape index (κ3) is 3.51. The van der Waals surface area contributed by atoms with Gasteiger partial charge in [-0.05, 0) is 43.0 Å². The van der Waals surface area contributed by atoms with Crippen molar-refractivity contribution in [1.82, 2.24) is 24.4 Å². The number of rotatable bonds is 4. The Hall–Kier alpha value is -1.48. The van der Waals surface area contributed by atoms with E-state index in [2.05, 4.69) is 14.5 Å². The Balaban J connectivity index is 1.57. The van der Waals surface area contributed by atoms with E-state index in [0.29, 0.717) is 0 Å². The minimum absolute atomic E-state index is 0.788. The Morgan fingerprint density at radius 3 is 2.85 bits per heavy atom. The predicted octanol–water partition coefficient (Wildman–Crippen LogP) is 3.29. The van der Waals surface area contributed by atoms with Crippen LogP contribution in [0.25, 0.3) is 10.2 Å². The van der Waals surface area contributed by atoms with Gasteiger partial charge in [-0.3, -0.25) is 4.90 Å². The molecule has 1 aliphatic carbocycles. The van der Waals surface area contributed by atoms with Gasteiger partial charge in [0.25, 0.3) is 0 Å². The maximum Gasteiger partial charge on any atom is 0.174 e. The van der Waals surface area contributed by atoms with Crippen LogP contribution in [-0.4, -0.2) is 50.7 Å². The molecule has 0 saturated carbocycles. The highest BCUT2D eigenvalue weighted by molar-refractivity contribution is 7.99. The summed E-state index contributed by atoms with van der Waals surface area (Å²) in [4.78, 5) is 19.5. The molecule has 1 fully saturated rings. The SMILES string of the molecule is Cn1ccnc1Sc1nc(CN2CCOCC2)nc2sc3c(c12)CCCC3. The average Bonchev–Trinajstić information content (AvgIpc) is 3.25. The summed E-state index contributed by atoms with van der Waals surface area (Å²) in [6.45, 7) is 4.28. The second-order valence-corrected chi connectivity index (χ2v) is 9.19. The van der Waals surface area contributed by atoms with E-state index >= 15 is 0 Å². The molecule has 27 heavy (non-hydrogen) atoms. The largest absolute Gasteiger partial charge is 0.379 e. The zero-order valence-corrected chi connectivity index (χ0v) is 17.1. The van der Waals surface area contributed by atoms with E-state index in [1.54, 1.807) is 11.8 Å². The summed E-state index contributed by atoms with van der Waals surface area (Å²) in [5.74, 6) is 0.916. The molecular formula is C19H23N5OS2. The maximum atomic E-state index is 5.47. The first kappa shape index (κ1) is 17.6. The highest BCUT2D eigenvalue weighted by atomic mass is 32.2. The van der Waals surface area contributed by atoms with Gasteiger partial charge in [-0.15, -0.1) is 11.3 Å². The molecule has 3 aromatic rings. The standard InChI is InChI=1S/C19H23N5OS2/c1-23-7-6-20-19(23)27-18-16-13-4-2-3-5-14(13)26-17(16)21-15(22-18)12-24-8-10-25-11-9-24/h6-7H,2-5,8-12H2,1H3. The van der Waals surface area contributed by atoms with Crippen LogP contribution in [0.15, 0.2) is 22.6 Å². The van der Waals surface area contributed by atoms with E-state index in [9.17, 15) is 0 Å². The number of hydrogen-bond acceptors (Lipinski definition) is 7. The second kappa shape index (κ2) is 7.50. The Morgan fingerprint density at radius 2 is 2.04 bits per heavy atom. The summed E-state index contributed by atoms with van der Waals surface area (Å²) in [7, 11) is 2.03. The number of fused-ring (bicyclic) bond motifs is 3. The molecule has 5 rings (SSSR count). The van der Waals surface area contributed by atoms with E-state index < -0.39 is 0 Å².